The molecule has 0 aliphatic carbocycles. The van der Waals surface area contributed by atoms with Crippen LogP contribution in [0.4, 0.5) is 9.59 Å². The van der Waals surface area contributed by atoms with Gasteiger partial charge in [-0.25, -0.2) is 9.59 Å². The lowest BCUT2D eigenvalue weighted by molar-refractivity contribution is 0.149. The summed E-state index contributed by atoms with van der Waals surface area (Å²) in [5.74, 6) is 0. The first-order valence-electron chi connectivity index (χ1n) is 4.64. The summed E-state index contributed by atoms with van der Waals surface area (Å²) in [5, 5.41) is 2.78. The minimum Gasteiger partial charge on any atom is -0.314 e. The van der Waals surface area contributed by atoms with Crippen LogP contribution in [0.3, 0.4) is 0 Å². The van der Waals surface area contributed by atoms with Gasteiger partial charge in [-0.1, -0.05) is 0 Å². The average Bonchev–Trinajstić information content (AvgIpc) is 2.59. The summed E-state index contributed by atoms with van der Waals surface area (Å²) in [5.41, 5.74) is 0. The molecule has 0 saturated carbocycles. The van der Waals surface area contributed by atoms with Gasteiger partial charge in [-0.3, -0.25) is 0 Å². The maximum atomic E-state index is 11.6. The van der Waals surface area contributed by atoms with Crippen LogP contribution in [0.25, 0.3) is 0 Å². The number of nitrogens with zero attached hydrogens (tertiary/aromatic N) is 3. The van der Waals surface area contributed by atoms with Gasteiger partial charge in [0.05, 0.1) is 0 Å². The molecule has 2 saturated heterocycles. The zero-order valence-corrected chi connectivity index (χ0v) is 8.52. The van der Waals surface area contributed by atoms with Crippen molar-refractivity contribution in [2.45, 2.75) is 19.3 Å². The minimum absolute atomic E-state index is 0.0570. The van der Waals surface area contributed by atoms with Crippen LogP contribution >= 0.6 is 0 Å². The highest BCUT2D eigenvalue weighted by atomic mass is 16.2. The molecular formula is C8H14N4O2. The smallest absolute Gasteiger partial charge is 0.314 e. The van der Waals surface area contributed by atoms with E-state index in [1.807, 2.05) is 6.92 Å². The van der Waals surface area contributed by atoms with E-state index in [1.54, 1.807) is 28.8 Å². The highest BCUT2D eigenvalue weighted by molar-refractivity contribution is 5.84. The molecule has 2 fully saturated rings. The van der Waals surface area contributed by atoms with Crippen molar-refractivity contribution >= 4 is 12.1 Å². The van der Waals surface area contributed by atoms with Gasteiger partial charge >= 0.3 is 12.1 Å². The fourth-order valence-electron chi connectivity index (χ4n) is 2.10. The van der Waals surface area contributed by atoms with Crippen LogP contribution in [0.1, 0.15) is 6.92 Å². The lowest BCUT2D eigenvalue weighted by atomic mass is 10.4. The number of likely N-dealkylation sites (N-methyl/N-ethyl adjacent to an activating group) is 3. The molecule has 0 radical (unpaired) electrons. The van der Waals surface area contributed by atoms with Crippen LogP contribution in [0.5, 0.6) is 0 Å². The topological polar surface area (TPSA) is 55.9 Å². The van der Waals surface area contributed by atoms with Gasteiger partial charge in [0.1, 0.15) is 12.3 Å². The number of nitrogens with one attached hydrogen (secondary N) is 1. The zero-order chi connectivity index (χ0) is 10.5. The van der Waals surface area contributed by atoms with Crippen LogP contribution in [-0.4, -0.2) is 59.7 Å². The molecule has 0 bridgehead atoms. The highest BCUT2D eigenvalue weighted by Crippen LogP contribution is 2.25. The third-order valence-corrected chi connectivity index (χ3v) is 2.89. The van der Waals surface area contributed by atoms with Gasteiger partial charge < -0.3 is 20.0 Å². The normalized spacial score (nSPS) is 31.2. The Morgan fingerprint density at radius 1 is 1.29 bits per heavy atom. The molecule has 0 aromatic rings. The van der Waals surface area contributed by atoms with Crippen molar-refractivity contribution < 1.29 is 9.59 Å². The molecule has 2 aliphatic heterocycles. The highest BCUT2D eigenvalue weighted by Gasteiger charge is 2.51. The Labute approximate surface area is 82.4 Å². The van der Waals surface area contributed by atoms with Crippen LogP contribution in [0.15, 0.2) is 0 Å². The predicted octanol–water partition coefficient (Wildman–Crippen LogP) is -0.319. The van der Waals surface area contributed by atoms with Crippen molar-refractivity contribution in [2.75, 3.05) is 20.6 Å². The monoisotopic (exact) mass is 198 g/mol. The molecular weight excluding hydrogens is 184 g/mol. The molecule has 2 aliphatic rings. The Balaban J connectivity index is 2.30. The van der Waals surface area contributed by atoms with Crippen molar-refractivity contribution in [2.24, 2.45) is 0 Å². The van der Waals surface area contributed by atoms with Gasteiger partial charge in [0.25, 0.3) is 0 Å². The fourth-order valence-corrected chi connectivity index (χ4v) is 2.10. The lowest BCUT2D eigenvalue weighted by Gasteiger charge is -2.24. The zero-order valence-electron chi connectivity index (χ0n) is 8.52. The van der Waals surface area contributed by atoms with Gasteiger partial charge in [-0.15, -0.1) is 0 Å². The predicted molar refractivity (Wildman–Crippen MR) is 49.4 cm³/mol. The Bertz CT molecular complexity index is 293. The first kappa shape index (κ1) is 9.11. The Kier molecular flexibility index (Phi) is 1.80. The number of rotatable bonds is 1. The van der Waals surface area contributed by atoms with Gasteiger partial charge in [-0.05, 0) is 6.92 Å². The maximum Gasteiger partial charge on any atom is 0.323 e. The van der Waals surface area contributed by atoms with Crippen LogP contribution < -0.4 is 5.32 Å². The van der Waals surface area contributed by atoms with E-state index in [9.17, 15) is 9.59 Å². The molecule has 0 unspecified atom stereocenters. The molecule has 6 heteroatoms. The number of carbonyl (C=O) groups is 2. The van der Waals surface area contributed by atoms with E-state index in [0.29, 0.717) is 6.54 Å². The third kappa shape index (κ3) is 0.906. The van der Waals surface area contributed by atoms with E-state index in [4.69, 9.17) is 0 Å². The molecule has 0 spiro atoms. The SMILES string of the molecule is CCN1C(=O)N[C@H]2[C@H]1N(C)C(=O)N2C. The average molecular weight is 198 g/mol. The summed E-state index contributed by atoms with van der Waals surface area (Å²) >= 11 is 0. The van der Waals surface area contributed by atoms with E-state index in [2.05, 4.69) is 5.32 Å². The molecule has 6 nitrogen and oxygen atoms in total. The van der Waals surface area contributed by atoms with E-state index >= 15 is 0 Å². The summed E-state index contributed by atoms with van der Waals surface area (Å²) in [4.78, 5) is 27.8. The van der Waals surface area contributed by atoms with E-state index in [0.717, 1.165) is 0 Å². The van der Waals surface area contributed by atoms with Crippen LogP contribution in [0.2, 0.25) is 0 Å². The number of urea groups is 2. The second kappa shape index (κ2) is 2.76. The summed E-state index contributed by atoms with van der Waals surface area (Å²) in [6.07, 6.45) is -0.370. The van der Waals surface area contributed by atoms with E-state index < -0.39 is 0 Å². The molecule has 14 heavy (non-hydrogen) atoms. The van der Waals surface area contributed by atoms with Crippen molar-refractivity contribution in [1.29, 1.82) is 0 Å². The van der Waals surface area contributed by atoms with Crippen molar-refractivity contribution in [3.05, 3.63) is 0 Å². The second-order valence-electron chi connectivity index (χ2n) is 3.60. The second-order valence-corrected chi connectivity index (χ2v) is 3.60. The van der Waals surface area contributed by atoms with Crippen molar-refractivity contribution in [3.63, 3.8) is 0 Å². The Morgan fingerprint density at radius 2 is 1.93 bits per heavy atom. The molecule has 2 heterocycles. The summed E-state index contributed by atoms with van der Waals surface area (Å²) in [7, 11) is 3.41. The van der Waals surface area contributed by atoms with Gasteiger partial charge in [0.2, 0.25) is 0 Å². The number of hydrogen-bond acceptors (Lipinski definition) is 2. The molecule has 4 amide bonds. The number of amides is 4. The van der Waals surface area contributed by atoms with Crippen LogP contribution in [-0.2, 0) is 0 Å². The largest absolute Gasteiger partial charge is 0.323 e. The van der Waals surface area contributed by atoms with Crippen LogP contribution in [0, 0.1) is 0 Å². The first-order valence-corrected chi connectivity index (χ1v) is 4.64. The van der Waals surface area contributed by atoms with Gasteiger partial charge in [0.15, 0.2) is 0 Å². The first-order chi connectivity index (χ1) is 6.57. The molecule has 78 valence electrons. The number of fused-ring (bicyclic) bond motifs is 1. The quantitative estimate of drug-likeness (QED) is 0.628. The Morgan fingerprint density at radius 3 is 2.50 bits per heavy atom. The number of hydrogen-bond donors (Lipinski definition) is 1. The lowest BCUT2D eigenvalue weighted by Crippen LogP contribution is -2.44. The molecule has 2 atom stereocenters. The van der Waals surface area contributed by atoms with Crippen molar-refractivity contribution in [1.82, 2.24) is 20.0 Å². The van der Waals surface area contributed by atoms with E-state index in [-0.39, 0.29) is 24.4 Å². The molecule has 0 aromatic heterocycles. The van der Waals surface area contributed by atoms with Gasteiger partial charge in [-0.2, -0.15) is 0 Å². The van der Waals surface area contributed by atoms with E-state index in [1.165, 1.54) is 0 Å². The van der Waals surface area contributed by atoms with Crippen molar-refractivity contribution in [3.8, 4) is 0 Å². The molecule has 1 N–H and O–H groups in total. The fraction of sp³-hybridized carbons (Fsp3) is 0.750. The summed E-state index contributed by atoms with van der Waals surface area (Å²) < 4.78 is 0. The maximum absolute atomic E-state index is 11.6. The summed E-state index contributed by atoms with van der Waals surface area (Å²) in [6.45, 7) is 2.51. The molecule has 0 aromatic carbocycles. The summed E-state index contributed by atoms with van der Waals surface area (Å²) in [6, 6.07) is -0.160. The standard InChI is InChI=1S/C8H14N4O2/c1-4-12-6-5(9-7(12)13)10(2)8(14)11(6)3/h5-6H,4H2,1-3H3,(H,9,13)/t5-,6+/m1/s1. The number of carbonyl (C=O) groups excluding carboxylic acids is 2. The van der Waals surface area contributed by atoms with Gasteiger partial charge in [0, 0.05) is 20.6 Å². The minimum atomic E-state index is -0.208. The Hall–Kier alpha value is -1.46. The molecule has 2 rings (SSSR count). The third-order valence-electron chi connectivity index (χ3n) is 2.89.